The van der Waals surface area contributed by atoms with Crippen LogP contribution in [-0.2, 0) is 20.6 Å². The van der Waals surface area contributed by atoms with Crippen molar-refractivity contribution in [2.24, 2.45) is 0 Å². The maximum absolute atomic E-state index is 12.0. The third-order valence-electron chi connectivity index (χ3n) is 2.70. The molecule has 5 nitrogen and oxygen atoms in total. The van der Waals surface area contributed by atoms with E-state index in [4.69, 9.17) is 0 Å². The zero-order valence-electron chi connectivity index (χ0n) is 10.9. The number of nitrogens with one attached hydrogen (secondary N) is 1. The van der Waals surface area contributed by atoms with Gasteiger partial charge in [-0.3, -0.25) is 10.1 Å². The summed E-state index contributed by atoms with van der Waals surface area (Å²) < 4.78 is 10.4. The fourth-order valence-electron chi connectivity index (χ4n) is 1.48. The predicted molar refractivity (Wildman–Crippen MR) is 79.3 cm³/mol. The van der Waals surface area contributed by atoms with Crippen LogP contribution in [-0.4, -0.2) is 16.0 Å². The highest BCUT2D eigenvalue weighted by Gasteiger charge is 2.38. The third-order valence-corrected chi connectivity index (χ3v) is 4.08. The Morgan fingerprint density at radius 3 is 2.75 bits per heavy atom. The molecule has 0 saturated heterocycles. The first-order valence-corrected chi connectivity index (χ1v) is 7.42. The third kappa shape index (κ3) is 3.00. The van der Waals surface area contributed by atoms with Crippen molar-refractivity contribution < 1.29 is 14.1 Å². The summed E-state index contributed by atoms with van der Waals surface area (Å²) >= 11 is 1.70. The van der Waals surface area contributed by atoms with Gasteiger partial charge in [-0.15, -0.1) is 11.3 Å². The van der Waals surface area contributed by atoms with E-state index in [9.17, 15) is 14.1 Å². The second kappa shape index (κ2) is 5.64. The average Bonchev–Trinajstić information content (AvgIpc) is 2.88. The van der Waals surface area contributed by atoms with Gasteiger partial charge in [0, 0.05) is 23.4 Å². The monoisotopic (exact) mass is 309 g/mol. The molecule has 0 aliphatic heterocycles. The van der Waals surface area contributed by atoms with Crippen LogP contribution in [0, 0.1) is 0 Å². The second-order valence-corrected chi connectivity index (χ2v) is 6.65. The lowest BCUT2D eigenvalue weighted by Crippen LogP contribution is -2.16. The van der Waals surface area contributed by atoms with E-state index in [1.165, 1.54) is 23.5 Å². The summed E-state index contributed by atoms with van der Waals surface area (Å²) in [5, 5.41) is 14.4. The van der Waals surface area contributed by atoms with E-state index in [0.717, 1.165) is 0 Å². The number of amides is 1. The Labute approximate surface area is 124 Å². The van der Waals surface area contributed by atoms with E-state index in [-0.39, 0.29) is 11.3 Å². The molecule has 104 valence electrons. The Hall–Kier alpha value is -1.86. The highest BCUT2D eigenvalue weighted by molar-refractivity contribution is 7.66. The number of hydrogen-bond donors (Lipinski definition) is 2. The van der Waals surface area contributed by atoms with Crippen LogP contribution in [0.25, 0.3) is 0 Å². The first kappa shape index (κ1) is 14.5. The Balaban J connectivity index is 2.18. The molecule has 0 unspecified atom stereocenters. The zero-order chi connectivity index (χ0) is 14.8. The number of benzene rings is 1. The lowest BCUT2D eigenvalue weighted by Gasteiger charge is -2.04. The van der Waals surface area contributed by atoms with Gasteiger partial charge in [0.05, 0.1) is 5.56 Å². The molecule has 0 aliphatic rings. The number of anilines is 1. The molecule has 0 saturated carbocycles. The van der Waals surface area contributed by atoms with Crippen molar-refractivity contribution in [3.63, 3.8) is 0 Å². The number of aromatic nitrogens is 1. The number of carbonyl (C=O) groups excluding carboxylic acids is 1. The molecule has 2 rings (SSSR count). The van der Waals surface area contributed by atoms with Crippen LogP contribution in [0.1, 0.15) is 29.9 Å². The first-order chi connectivity index (χ1) is 9.44. The van der Waals surface area contributed by atoms with Gasteiger partial charge in [0.15, 0.2) is 5.13 Å². The van der Waals surface area contributed by atoms with E-state index in [0.29, 0.717) is 22.5 Å². The molecule has 0 radical (unpaired) electrons. The van der Waals surface area contributed by atoms with E-state index < -0.39 is 10.7 Å². The Kier molecular flexibility index (Phi) is 4.10. The number of nitrogens with zero attached hydrogens (tertiary/aromatic N) is 1. The fraction of sp³-hybridized carbons (Fsp3) is 0.231. The molecular weight excluding hydrogens is 296 g/mol. The van der Waals surface area contributed by atoms with Crippen molar-refractivity contribution >= 4 is 34.0 Å². The molecule has 1 aromatic heterocycles. The quantitative estimate of drug-likeness (QED) is 0.851. The number of aromatic hydroxyl groups is 1. The van der Waals surface area contributed by atoms with Gasteiger partial charge in [0.2, 0.25) is 0 Å². The van der Waals surface area contributed by atoms with Crippen LogP contribution in [0.3, 0.4) is 0 Å². The summed E-state index contributed by atoms with van der Waals surface area (Å²) in [6.45, 7) is 3.54. The zero-order valence-corrected chi connectivity index (χ0v) is 12.5. The molecule has 2 N–H and O–H groups in total. The minimum absolute atomic E-state index is 0.0859. The average molecular weight is 309 g/mol. The lowest BCUT2D eigenvalue weighted by atomic mass is 10.1. The Bertz CT molecular complexity index is 653. The van der Waals surface area contributed by atoms with Crippen LogP contribution in [0.2, 0.25) is 0 Å². The highest BCUT2D eigenvalue weighted by Crippen LogP contribution is 2.27. The SMILES string of the molecule is CC(C)([S+]=O)c1csc(NC(=O)c2ccccc2O)n1. The molecule has 7 heteroatoms. The molecule has 0 aliphatic carbocycles. The lowest BCUT2D eigenvalue weighted by molar-refractivity contribution is 0.102. The van der Waals surface area contributed by atoms with Crippen LogP contribution in [0.15, 0.2) is 29.6 Å². The van der Waals surface area contributed by atoms with Crippen LogP contribution in [0.4, 0.5) is 5.13 Å². The summed E-state index contributed by atoms with van der Waals surface area (Å²) in [7, 11) is 0. The van der Waals surface area contributed by atoms with Crippen molar-refractivity contribution in [3.8, 4) is 5.75 Å². The molecule has 2 aromatic rings. The van der Waals surface area contributed by atoms with Crippen molar-refractivity contribution in [2.45, 2.75) is 18.6 Å². The molecule has 20 heavy (non-hydrogen) atoms. The van der Waals surface area contributed by atoms with E-state index >= 15 is 0 Å². The van der Waals surface area contributed by atoms with Gasteiger partial charge >= 0.3 is 11.7 Å². The van der Waals surface area contributed by atoms with Gasteiger partial charge in [-0.2, -0.15) is 0 Å². The van der Waals surface area contributed by atoms with Gasteiger partial charge < -0.3 is 5.11 Å². The van der Waals surface area contributed by atoms with Crippen LogP contribution in [0.5, 0.6) is 5.75 Å². The number of thiazole rings is 1. The van der Waals surface area contributed by atoms with Gasteiger partial charge in [-0.25, -0.2) is 4.98 Å². The molecule has 1 amide bonds. The number of phenols is 1. The molecule has 0 fully saturated rings. The van der Waals surface area contributed by atoms with Gasteiger partial charge in [0.1, 0.15) is 11.4 Å². The molecule has 0 spiro atoms. The van der Waals surface area contributed by atoms with Crippen molar-refractivity contribution in [1.82, 2.24) is 4.98 Å². The van der Waals surface area contributed by atoms with Crippen molar-refractivity contribution in [3.05, 3.63) is 40.9 Å². The minimum Gasteiger partial charge on any atom is -0.507 e. The Morgan fingerprint density at radius 2 is 2.10 bits per heavy atom. The predicted octanol–water partition coefficient (Wildman–Crippen LogP) is 2.76. The molecule has 1 aromatic carbocycles. The number of carbonyl (C=O) groups is 1. The first-order valence-electron chi connectivity index (χ1n) is 5.80. The van der Waals surface area contributed by atoms with Gasteiger partial charge in [-0.05, 0) is 12.1 Å². The fourth-order valence-corrected chi connectivity index (χ4v) is 2.62. The number of para-hydroxylation sites is 1. The van der Waals surface area contributed by atoms with E-state index in [2.05, 4.69) is 10.3 Å². The molecular formula is C13H13N2O3S2+. The minimum atomic E-state index is -0.644. The number of phenolic OH excluding ortho intramolecular Hbond substituents is 1. The van der Waals surface area contributed by atoms with Crippen LogP contribution >= 0.6 is 11.3 Å². The van der Waals surface area contributed by atoms with E-state index in [1.807, 2.05) is 0 Å². The normalized spacial score (nSPS) is 11.1. The summed E-state index contributed by atoms with van der Waals surface area (Å²) in [6, 6.07) is 6.27. The second-order valence-electron chi connectivity index (χ2n) is 4.60. The number of rotatable bonds is 4. The maximum Gasteiger partial charge on any atom is 0.471 e. The van der Waals surface area contributed by atoms with Crippen molar-refractivity contribution in [2.75, 3.05) is 5.32 Å². The largest absolute Gasteiger partial charge is 0.507 e. The van der Waals surface area contributed by atoms with Gasteiger partial charge in [0.25, 0.3) is 10.7 Å². The molecule has 1 heterocycles. The number of hydrogen-bond acceptors (Lipinski definition) is 5. The summed E-state index contributed by atoms with van der Waals surface area (Å²) in [5.74, 6) is -0.520. The summed E-state index contributed by atoms with van der Waals surface area (Å²) in [4.78, 5) is 16.2. The summed E-state index contributed by atoms with van der Waals surface area (Å²) in [6.07, 6.45) is 0. The standard InChI is InChI=1S/C13H12N2O3S2/c1-13(2,20-18)10-7-19-12(14-10)15-11(17)8-5-3-4-6-9(8)16/h3-7H,1-2H3,(H-,14,15,16,17)/p+1. The topological polar surface area (TPSA) is 79.3 Å². The maximum atomic E-state index is 12.0. The summed E-state index contributed by atoms with van der Waals surface area (Å²) in [5.41, 5.74) is 0.803. The highest BCUT2D eigenvalue weighted by atomic mass is 32.1. The smallest absolute Gasteiger partial charge is 0.471 e. The molecule has 0 atom stereocenters. The Morgan fingerprint density at radius 1 is 1.40 bits per heavy atom. The van der Waals surface area contributed by atoms with Gasteiger partial charge in [-0.1, -0.05) is 12.1 Å². The molecule has 0 bridgehead atoms. The van der Waals surface area contributed by atoms with E-state index in [1.54, 1.807) is 31.4 Å². The van der Waals surface area contributed by atoms with Crippen LogP contribution < -0.4 is 5.32 Å². The van der Waals surface area contributed by atoms with Crippen molar-refractivity contribution in [1.29, 1.82) is 0 Å².